The third kappa shape index (κ3) is 8.35. The van der Waals surface area contributed by atoms with E-state index in [1.165, 1.54) is 4.90 Å². The van der Waals surface area contributed by atoms with E-state index in [-0.39, 0.29) is 49.5 Å². The number of pyridine rings is 1. The van der Waals surface area contributed by atoms with E-state index in [4.69, 9.17) is 21.1 Å². The maximum atomic E-state index is 13.0. The first-order valence-electron chi connectivity index (χ1n) is 15.6. The number of aromatic nitrogens is 1. The monoisotopic (exact) mass is 664 g/mol. The zero-order valence-corrected chi connectivity index (χ0v) is 27.0. The van der Waals surface area contributed by atoms with Gasteiger partial charge in [0.05, 0.1) is 5.52 Å². The molecule has 2 aliphatic rings. The number of carbonyl (C=O) groups excluding carboxylic acids is 5. The number of carbonyl (C=O) groups is 5. The molecule has 0 aliphatic carbocycles. The number of imide groups is 1. The second kappa shape index (κ2) is 15.2. The zero-order valence-electron chi connectivity index (χ0n) is 26.2. The number of hydrogen-bond acceptors (Lipinski definition) is 10. The highest BCUT2D eigenvalue weighted by Gasteiger charge is 2.40. The van der Waals surface area contributed by atoms with E-state index in [9.17, 15) is 24.0 Å². The molecule has 248 valence electrons. The van der Waals surface area contributed by atoms with Crippen molar-refractivity contribution in [1.82, 2.24) is 20.1 Å². The molecule has 5 rings (SSSR count). The fourth-order valence-corrected chi connectivity index (χ4v) is 6.00. The van der Waals surface area contributed by atoms with E-state index in [0.717, 1.165) is 42.5 Å². The lowest BCUT2D eigenvalue weighted by Crippen LogP contribution is -2.52. The maximum absolute atomic E-state index is 13.0. The molecule has 3 N–H and O–H groups in total. The molecule has 1 saturated heterocycles. The Morgan fingerprint density at radius 3 is 2.77 bits per heavy atom. The molecule has 2 unspecified atom stereocenters. The molecule has 1 aromatic heterocycles. The molecular weight excluding hydrogens is 628 g/mol. The number of benzene rings is 2. The number of fused-ring (bicyclic) bond motifs is 2. The highest BCUT2D eigenvalue weighted by molar-refractivity contribution is 6.31. The molecule has 0 bridgehead atoms. The van der Waals surface area contributed by atoms with Crippen LogP contribution in [0.1, 0.15) is 55.5 Å². The number of halogens is 1. The molecule has 3 aromatic rings. The first-order chi connectivity index (χ1) is 22.6. The van der Waals surface area contributed by atoms with Crippen molar-refractivity contribution in [2.45, 2.75) is 58.2 Å². The van der Waals surface area contributed by atoms with Crippen LogP contribution in [0.3, 0.4) is 0 Å². The quantitative estimate of drug-likeness (QED) is 0.138. The van der Waals surface area contributed by atoms with Gasteiger partial charge in [0.1, 0.15) is 12.6 Å². The summed E-state index contributed by atoms with van der Waals surface area (Å²) in [5.41, 5.74) is 2.90. The van der Waals surface area contributed by atoms with E-state index in [1.54, 1.807) is 24.4 Å². The summed E-state index contributed by atoms with van der Waals surface area (Å²) in [5, 5.41) is 9.96. The molecule has 2 atom stereocenters. The summed E-state index contributed by atoms with van der Waals surface area (Å²) in [4.78, 5) is 69.5. The van der Waals surface area contributed by atoms with E-state index in [1.807, 2.05) is 31.2 Å². The highest BCUT2D eigenvalue weighted by atomic mass is 35.5. The van der Waals surface area contributed by atoms with E-state index < -0.39 is 24.2 Å². The van der Waals surface area contributed by atoms with Crippen LogP contribution >= 0.6 is 11.6 Å². The fraction of sp³-hybridized carbons (Fsp3) is 0.394. The van der Waals surface area contributed by atoms with Crippen LogP contribution in [0.5, 0.6) is 0 Å². The minimum atomic E-state index is -1.14. The first kappa shape index (κ1) is 33.6. The molecular formula is C33H37ClN6O7. The van der Waals surface area contributed by atoms with Gasteiger partial charge in [-0.2, -0.15) is 0 Å². The number of hydrogen-bond donors (Lipinski definition) is 3. The summed E-state index contributed by atoms with van der Waals surface area (Å²) < 4.78 is 9.92. The van der Waals surface area contributed by atoms with Crippen LogP contribution in [0.4, 0.5) is 21.0 Å². The third-order valence-corrected chi connectivity index (χ3v) is 8.52. The zero-order chi connectivity index (χ0) is 33.5. The normalized spacial score (nSPS) is 16.6. The Morgan fingerprint density at radius 1 is 1.15 bits per heavy atom. The number of rotatable bonds is 12. The van der Waals surface area contributed by atoms with Crippen LogP contribution in [-0.4, -0.2) is 83.1 Å². The van der Waals surface area contributed by atoms with Crippen LogP contribution in [0, 0.1) is 0 Å². The van der Waals surface area contributed by atoms with Gasteiger partial charge in [-0.3, -0.25) is 30.0 Å². The third-order valence-electron chi connectivity index (χ3n) is 8.29. The van der Waals surface area contributed by atoms with Gasteiger partial charge in [0.25, 0.3) is 5.91 Å². The largest absolute Gasteiger partial charge is 0.517 e. The summed E-state index contributed by atoms with van der Waals surface area (Å²) in [6.07, 6.45) is 1.73. The summed E-state index contributed by atoms with van der Waals surface area (Å²) in [6, 6.07) is 11.8. The van der Waals surface area contributed by atoms with Gasteiger partial charge in [-0.05, 0) is 75.7 Å². The second-order valence-corrected chi connectivity index (χ2v) is 11.9. The van der Waals surface area contributed by atoms with Gasteiger partial charge >= 0.3 is 12.2 Å². The van der Waals surface area contributed by atoms with Crippen LogP contribution in [-0.2, 0) is 25.6 Å². The van der Waals surface area contributed by atoms with Gasteiger partial charge in [-0.25, -0.2) is 9.59 Å². The number of amides is 4. The minimum Gasteiger partial charge on any atom is -0.433 e. The lowest BCUT2D eigenvalue weighted by Gasteiger charge is -2.29. The Balaban J connectivity index is 1.03. The van der Waals surface area contributed by atoms with Gasteiger partial charge in [-0.1, -0.05) is 24.6 Å². The van der Waals surface area contributed by atoms with E-state index in [2.05, 4.69) is 32.8 Å². The van der Waals surface area contributed by atoms with Crippen molar-refractivity contribution >= 4 is 63.8 Å². The van der Waals surface area contributed by atoms with E-state index in [0.29, 0.717) is 22.7 Å². The number of piperidine rings is 1. The van der Waals surface area contributed by atoms with Gasteiger partial charge < -0.3 is 24.6 Å². The van der Waals surface area contributed by atoms with Crippen molar-refractivity contribution in [3.63, 3.8) is 0 Å². The van der Waals surface area contributed by atoms with Crippen molar-refractivity contribution in [3.05, 3.63) is 64.8 Å². The number of anilines is 2. The Kier molecular flexibility index (Phi) is 10.9. The summed E-state index contributed by atoms with van der Waals surface area (Å²) in [7, 11) is 0. The minimum absolute atomic E-state index is 0.0372. The molecule has 0 radical (unpaired) electrons. The summed E-state index contributed by atoms with van der Waals surface area (Å²) in [5.74, 6) is -1.30. The van der Waals surface area contributed by atoms with Crippen molar-refractivity contribution in [3.8, 4) is 0 Å². The van der Waals surface area contributed by atoms with Gasteiger partial charge in [0.15, 0.2) is 0 Å². The average Bonchev–Trinajstić information content (AvgIpc) is 3.36. The lowest BCUT2D eigenvalue weighted by molar-refractivity contribution is -0.136. The fourth-order valence-electron chi connectivity index (χ4n) is 5.84. The Labute approximate surface area is 276 Å². The Bertz CT molecular complexity index is 1680. The molecule has 47 heavy (non-hydrogen) atoms. The topological polar surface area (TPSA) is 159 Å². The van der Waals surface area contributed by atoms with Crippen LogP contribution in [0.25, 0.3) is 10.9 Å². The molecule has 13 nitrogen and oxygen atoms in total. The van der Waals surface area contributed by atoms with Gasteiger partial charge in [-0.15, -0.1) is 0 Å². The predicted octanol–water partition coefficient (Wildman–Crippen LogP) is 4.94. The first-order valence-corrected chi connectivity index (χ1v) is 16.0. The van der Waals surface area contributed by atoms with Crippen molar-refractivity contribution in [2.75, 3.05) is 36.9 Å². The van der Waals surface area contributed by atoms with Crippen molar-refractivity contribution in [2.24, 2.45) is 0 Å². The molecule has 2 aliphatic heterocycles. The maximum Gasteiger partial charge on any atom is 0.517 e. The number of nitrogens with zero attached hydrogens (tertiary/aromatic N) is 3. The Morgan fingerprint density at radius 2 is 1.98 bits per heavy atom. The Hall–Kier alpha value is -4.75. The number of likely N-dealkylation sites (N-methyl/N-ethyl adjacent to an activating group) is 1. The molecule has 1 fully saturated rings. The average molecular weight is 665 g/mol. The highest BCUT2D eigenvalue weighted by Crippen LogP contribution is 2.32. The van der Waals surface area contributed by atoms with Crippen molar-refractivity contribution in [1.29, 1.82) is 0 Å². The summed E-state index contributed by atoms with van der Waals surface area (Å²) in [6.45, 7) is 6.25. The molecule has 0 spiro atoms. The second-order valence-electron chi connectivity index (χ2n) is 11.5. The predicted molar refractivity (Wildman–Crippen MR) is 175 cm³/mol. The smallest absolute Gasteiger partial charge is 0.433 e. The SMILES string of the molecule is CCN(CCCC(C)Nc1ccnc2cc(Cl)ccc12)CCOC(=O)OC(=O)Nc1cccc2c1CN(C1CCC(=O)NC1=O)C2=O. The van der Waals surface area contributed by atoms with Crippen LogP contribution < -0.4 is 16.0 Å². The number of ether oxygens (including phenoxy) is 2. The lowest BCUT2D eigenvalue weighted by atomic mass is 10.0. The van der Waals surface area contributed by atoms with Crippen LogP contribution in [0.2, 0.25) is 5.02 Å². The molecule has 14 heteroatoms. The molecule has 0 saturated carbocycles. The molecule has 2 aromatic carbocycles. The molecule has 4 amide bonds. The van der Waals surface area contributed by atoms with Crippen LogP contribution in [0.15, 0.2) is 48.7 Å². The molecule has 3 heterocycles. The van der Waals surface area contributed by atoms with E-state index >= 15 is 0 Å². The standard InChI is InChI=1S/C33H37ClN6O7/c1-3-39(15-5-6-20(2)36-26-13-14-35-27-18-21(34)9-10-23(26)27)16-17-46-33(45)47-32(44)37-25-8-4-7-22-24(25)19-40(31(22)43)28-11-12-29(41)38-30(28)42/h4,7-10,13-14,18,20,28H,3,5-6,11-12,15-17,19H2,1-2H3,(H,35,36)(H,37,44)(H,38,41,42). The van der Waals surface area contributed by atoms with Gasteiger partial charge in [0.2, 0.25) is 11.8 Å². The van der Waals surface area contributed by atoms with Crippen molar-refractivity contribution < 1.29 is 33.4 Å². The van der Waals surface area contributed by atoms with Gasteiger partial charge in [0, 0.05) is 64.7 Å². The number of nitrogens with one attached hydrogen (secondary N) is 3. The summed E-state index contributed by atoms with van der Waals surface area (Å²) >= 11 is 6.10.